The summed E-state index contributed by atoms with van der Waals surface area (Å²) >= 11 is 0. The zero-order valence-electron chi connectivity index (χ0n) is 11.0. The van der Waals surface area contributed by atoms with E-state index in [0.717, 1.165) is 17.1 Å². The third-order valence-corrected chi connectivity index (χ3v) is 2.95. The molecule has 2 rings (SSSR count). The van der Waals surface area contributed by atoms with E-state index in [1.165, 1.54) is 5.56 Å². The van der Waals surface area contributed by atoms with Crippen LogP contribution in [0.5, 0.6) is 5.75 Å². The van der Waals surface area contributed by atoms with Gasteiger partial charge in [0.2, 0.25) is 0 Å². The van der Waals surface area contributed by atoms with Gasteiger partial charge in [0.15, 0.2) is 0 Å². The van der Waals surface area contributed by atoms with Crippen molar-refractivity contribution in [1.29, 1.82) is 0 Å². The van der Waals surface area contributed by atoms with Gasteiger partial charge in [-0.1, -0.05) is 12.1 Å². The van der Waals surface area contributed by atoms with Crippen molar-refractivity contribution in [2.75, 3.05) is 12.4 Å². The van der Waals surface area contributed by atoms with Crippen LogP contribution in [-0.2, 0) is 0 Å². The van der Waals surface area contributed by atoms with Gasteiger partial charge in [-0.2, -0.15) is 0 Å². The molecule has 0 aliphatic rings. The van der Waals surface area contributed by atoms with Gasteiger partial charge in [-0.05, 0) is 37.6 Å². The van der Waals surface area contributed by atoms with Crippen molar-refractivity contribution < 1.29 is 4.74 Å². The lowest BCUT2D eigenvalue weighted by atomic mass is 10.1. The summed E-state index contributed by atoms with van der Waals surface area (Å²) in [6, 6.07) is 12.1. The predicted molar refractivity (Wildman–Crippen MR) is 74.0 cm³/mol. The highest BCUT2D eigenvalue weighted by atomic mass is 16.5. The Kier molecular flexibility index (Phi) is 3.82. The summed E-state index contributed by atoms with van der Waals surface area (Å²) in [7, 11) is 1.68. The van der Waals surface area contributed by atoms with Crippen LogP contribution >= 0.6 is 0 Å². The van der Waals surface area contributed by atoms with E-state index in [9.17, 15) is 0 Å². The normalized spacial score (nSPS) is 11.9. The number of aromatic nitrogens is 1. The third-order valence-electron chi connectivity index (χ3n) is 2.95. The van der Waals surface area contributed by atoms with Crippen LogP contribution in [0.1, 0.15) is 24.2 Å². The lowest BCUT2D eigenvalue weighted by Gasteiger charge is -2.17. The summed E-state index contributed by atoms with van der Waals surface area (Å²) in [6.45, 7) is 4.17. The zero-order chi connectivity index (χ0) is 13.0. The molecule has 0 spiro atoms. The summed E-state index contributed by atoms with van der Waals surface area (Å²) in [4.78, 5) is 4.35. The van der Waals surface area contributed by atoms with Gasteiger partial charge >= 0.3 is 0 Å². The Hall–Kier alpha value is -2.03. The fourth-order valence-corrected chi connectivity index (χ4v) is 1.82. The second-order valence-corrected chi connectivity index (χ2v) is 4.30. The molecule has 0 aliphatic carbocycles. The van der Waals surface area contributed by atoms with Crippen LogP contribution in [0, 0.1) is 6.92 Å². The predicted octanol–water partition coefficient (Wildman–Crippen LogP) is 3.57. The van der Waals surface area contributed by atoms with Crippen LogP contribution in [0.25, 0.3) is 0 Å². The SMILES string of the molecule is COc1ccc(C)c(N[C@@H](C)c2ccccn2)c1. The standard InChI is InChI=1S/C15H18N2O/c1-11-7-8-13(18-3)10-15(11)17-12(2)14-6-4-5-9-16-14/h4-10,12,17H,1-3H3/t12-/m0/s1. The van der Waals surface area contributed by atoms with Crippen LogP contribution in [-0.4, -0.2) is 12.1 Å². The highest BCUT2D eigenvalue weighted by Gasteiger charge is 2.08. The lowest BCUT2D eigenvalue weighted by Crippen LogP contribution is -2.09. The van der Waals surface area contributed by atoms with Crippen molar-refractivity contribution in [2.45, 2.75) is 19.9 Å². The van der Waals surface area contributed by atoms with Crippen LogP contribution in [0.4, 0.5) is 5.69 Å². The molecule has 94 valence electrons. The first-order chi connectivity index (χ1) is 8.70. The average Bonchev–Trinajstić information content (AvgIpc) is 2.42. The number of anilines is 1. The Morgan fingerprint density at radius 2 is 2.06 bits per heavy atom. The Bertz CT molecular complexity index is 511. The molecule has 1 aromatic carbocycles. The molecule has 1 atom stereocenters. The quantitative estimate of drug-likeness (QED) is 0.890. The van der Waals surface area contributed by atoms with E-state index in [1.54, 1.807) is 7.11 Å². The summed E-state index contributed by atoms with van der Waals surface area (Å²) in [5.41, 5.74) is 3.30. The summed E-state index contributed by atoms with van der Waals surface area (Å²) in [5, 5.41) is 3.46. The zero-order valence-corrected chi connectivity index (χ0v) is 11.0. The maximum absolute atomic E-state index is 5.24. The van der Waals surface area contributed by atoms with Crippen LogP contribution in [0.3, 0.4) is 0 Å². The number of benzene rings is 1. The maximum Gasteiger partial charge on any atom is 0.120 e. The number of methoxy groups -OCH3 is 1. The highest BCUT2D eigenvalue weighted by molar-refractivity contribution is 5.55. The largest absolute Gasteiger partial charge is 0.497 e. The summed E-state index contributed by atoms with van der Waals surface area (Å²) < 4.78 is 5.24. The second kappa shape index (κ2) is 5.54. The summed E-state index contributed by atoms with van der Waals surface area (Å²) in [5.74, 6) is 0.858. The molecular weight excluding hydrogens is 224 g/mol. The van der Waals surface area contributed by atoms with Crippen LogP contribution < -0.4 is 10.1 Å². The number of hydrogen-bond donors (Lipinski definition) is 1. The summed E-state index contributed by atoms with van der Waals surface area (Å²) in [6.07, 6.45) is 1.81. The minimum atomic E-state index is 0.164. The van der Waals surface area contributed by atoms with Crippen molar-refractivity contribution in [1.82, 2.24) is 4.98 Å². The van der Waals surface area contributed by atoms with Gasteiger partial charge in [-0.25, -0.2) is 0 Å². The number of rotatable bonds is 4. The molecule has 3 heteroatoms. The highest BCUT2D eigenvalue weighted by Crippen LogP contribution is 2.25. The van der Waals surface area contributed by atoms with E-state index in [4.69, 9.17) is 4.74 Å². The molecule has 0 amide bonds. The topological polar surface area (TPSA) is 34.1 Å². The first kappa shape index (κ1) is 12.4. The first-order valence-electron chi connectivity index (χ1n) is 6.03. The Labute approximate surface area is 108 Å². The monoisotopic (exact) mass is 242 g/mol. The van der Waals surface area contributed by atoms with Gasteiger partial charge in [0, 0.05) is 18.0 Å². The Balaban J connectivity index is 2.18. The minimum Gasteiger partial charge on any atom is -0.497 e. The van der Waals surface area contributed by atoms with E-state index in [2.05, 4.69) is 24.1 Å². The van der Waals surface area contributed by atoms with E-state index in [1.807, 2.05) is 42.6 Å². The molecule has 0 saturated carbocycles. The molecule has 2 aromatic rings. The number of aryl methyl sites for hydroxylation is 1. The van der Waals surface area contributed by atoms with Crippen LogP contribution in [0.2, 0.25) is 0 Å². The van der Waals surface area contributed by atoms with Crippen molar-refractivity contribution in [3.8, 4) is 5.75 Å². The number of hydrogen-bond acceptors (Lipinski definition) is 3. The van der Waals surface area contributed by atoms with Gasteiger partial charge < -0.3 is 10.1 Å². The van der Waals surface area contributed by atoms with Crippen molar-refractivity contribution in [3.05, 3.63) is 53.9 Å². The maximum atomic E-state index is 5.24. The lowest BCUT2D eigenvalue weighted by molar-refractivity contribution is 0.415. The number of pyridine rings is 1. The van der Waals surface area contributed by atoms with Gasteiger partial charge in [-0.3, -0.25) is 4.98 Å². The first-order valence-corrected chi connectivity index (χ1v) is 6.03. The molecule has 18 heavy (non-hydrogen) atoms. The molecule has 0 radical (unpaired) electrons. The van der Waals surface area contributed by atoms with Crippen molar-refractivity contribution in [3.63, 3.8) is 0 Å². The molecule has 0 saturated heterocycles. The van der Waals surface area contributed by atoms with Gasteiger partial charge in [-0.15, -0.1) is 0 Å². The molecule has 1 N–H and O–H groups in total. The van der Waals surface area contributed by atoms with Crippen molar-refractivity contribution >= 4 is 5.69 Å². The van der Waals surface area contributed by atoms with Gasteiger partial charge in [0.05, 0.1) is 18.8 Å². The molecule has 3 nitrogen and oxygen atoms in total. The fourth-order valence-electron chi connectivity index (χ4n) is 1.82. The number of ether oxygens (including phenoxy) is 1. The van der Waals surface area contributed by atoms with Crippen molar-refractivity contribution in [2.24, 2.45) is 0 Å². The van der Waals surface area contributed by atoms with Gasteiger partial charge in [0.1, 0.15) is 5.75 Å². The van der Waals surface area contributed by atoms with E-state index in [0.29, 0.717) is 0 Å². The molecular formula is C15H18N2O. The van der Waals surface area contributed by atoms with Gasteiger partial charge in [0.25, 0.3) is 0 Å². The number of nitrogens with one attached hydrogen (secondary N) is 1. The number of nitrogens with zero attached hydrogens (tertiary/aromatic N) is 1. The smallest absolute Gasteiger partial charge is 0.120 e. The molecule has 1 heterocycles. The van der Waals surface area contributed by atoms with E-state index >= 15 is 0 Å². The van der Waals surface area contributed by atoms with E-state index in [-0.39, 0.29) is 6.04 Å². The fraction of sp³-hybridized carbons (Fsp3) is 0.267. The minimum absolute atomic E-state index is 0.164. The average molecular weight is 242 g/mol. The third kappa shape index (κ3) is 2.80. The van der Waals surface area contributed by atoms with Crippen LogP contribution in [0.15, 0.2) is 42.6 Å². The Morgan fingerprint density at radius 3 is 2.72 bits per heavy atom. The Morgan fingerprint density at radius 1 is 1.22 bits per heavy atom. The second-order valence-electron chi connectivity index (χ2n) is 4.30. The van der Waals surface area contributed by atoms with E-state index < -0.39 is 0 Å². The molecule has 0 fully saturated rings. The molecule has 0 unspecified atom stereocenters. The molecule has 1 aromatic heterocycles. The molecule has 0 aliphatic heterocycles. The molecule has 0 bridgehead atoms.